The topological polar surface area (TPSA) is 66.2 Å². The Morgan fingerprint density at radius 1 is 1.03 bits per heavy atom. The fourth-order valence-electron chi connectivity index (χ4n) is 4.52. The van der Waals surface area contributed by atoms with Gasteiger partial charge in [-0.05, 0) is 31.0 Å². The number of benzene rings is 1. The standard InChI is InChI=1S/C22H25N3O4/c26-21-18-4-1-5-19(20(18)22(27)25(21)14-17-3-2-11-29-17)24-9-7-23(8-10-24)13-16-6-12-28-15-16/h1,4-6,12,15,17H,2-3,7-11,13-14H2. The van der Waals surface area contributed by atoms with E-state index in [-0.39, 0.29) is 17.9 Å². The zero-order valence-electron chi connectivity index (χ0n) is 16.4. The second-order valence-corrected chi connectivity index (χ2v) is 7.95. The van der Waals surface area contributed by atoms with Crippen molar-refractivity contribution in [3.63, 3.8) is 0 Å². The van der Waals surface area contributed by atoms with Gasteiger partial charge in [-0.1, -0.05) is 6.07 Å². The van der Waals surface area contributed by atoms with Crippen molar-refractivity contribution in [1.29, 1.82) is 0 Å². The van der Waals surface area contributed by atoms with E-state index in [0.29, 0.717) is 24.3 Å². The van der Waals surface area contributed by atoms with Gasteiger partial charge in [-0.25, -0.2) is 0 Å². The fourth-order valence-corrected chi connectivity index (χ4v) is 4.52. The van der Waals surface area contributed by atoms with Crippen LogP contribution in [-0.4, -0.2) is 67.0 Å². The molecule has 0 radical (unpaired) electrons. The maximum absolute atomic E-state index is 13.1. The highest BCUT2D eigenvalue weighted by Crippen LogP contribution is 2.33. The van der Waals surface area contributed by atoms with Crippen molar-refractivity contribution >= 4 is 17.5 Å². The molecule has 0 spiro atoms. The van der Waals surface area contributed by atoms with Gasteiger partial charge >= 0.3 is 0 Å². The molecule has 0 saturated carbocycles. The van der Waals surface area contributed by atoms with E-state index in [9.17, 15) is 9.59 Å². The summed E-state index contributed by atoms with van der Waals surface area (Å²) in [5.41, 5.74) is 3.12. The molecule has 1 aromatic carbocycles. The number of furan rings is 1. The SMILES string of the molecule is O=C1c2cccc(N3CCN(Cc4ccoc4)CC3)c2C(=O)N1CC1CCCO1. The van der Waals surface area contributed by atoms with E-state index in [0.717, 1.165) is 51.3 Å². The Morgan fingerprint density at radius 3 is 2.62 bits per heavy atom. The van der Waals surface area contributed by atoms with Gasteiger partial charge in [0.2, 0.25) is 0 Å². The molecule has 7 nitrogen and oxygen atoms in total. The number of imide groups is 1. The first-order valence-electron chi connectivity index (χ1n) is 10.3. The molecule has 29 heavy (non-hydrogen) atoms. The summed E-state index contributed by atoms with van der Waals surface area (Å²) in [6.45, 7) is 5.37. The molecule has 2 saturated heterocycles. The largest absolute Gasteiger partial charge is 0.472 e. The van der Waals surface area contributed by atoms with Crippen LogP contribution in [0.3, 0.4) is 0 Å². The number of carbonyl (C=O) groups is 2. The van der Waals surface area contributed by atoms with Crippen molar-refractivity contribution in [2.75, 3.05) is 44.2 Å². The Kier molecular flexibility index (Phi) is 4.85. The summed E-state index contributed by atoms with van der Waals surface area (Å²) >= 11 is 0. The second-order valence-electron chi connectivity index (χ2n) is 7.95. The van der Waals surface area contributed by atoms with Crippen molar-refractivity contribution in [3.8, 4) is 0 Å². The lowest BCUT2D eigenvalue weighted by Crippen LogP contribution is -2.46. The molecule has 5 rings (SSSR count). The van der Waals surface area contributed by atoms with E-state index in [1.807, 2.05) is 18.2 Å². The number of piperazine rings is 1. The van der Waals surface area contributed by atoms with Crippen LogP contribution in [0.4, 0.5) is 5.69 Å². The third kappa shape index (κ3) is 3.45. The van der Waals surface area contributed by atoms with Crippen LogP contribution in [0.1, 0.15) is 39.1 Å². The van der Waals surface area contributed by atoms with Gasteiger partial charge in [0, 0.05) is 44.9 Å². The van der Waals surface area contributed by atoms with Crippen molar-refractivity contribution in [2.45, 2.75) is 25.5 Å². The number of nitrogens with zero attached hydrogens (tertiary/aromatic N) is 3. The molecule has 4 heterocycles. The normalized spacial score (nSPS) is 22.6. The Bertz CT molecular complexity index is 897. The first-order valence-corrected chi connectivity index (χ1v) is 10.3. The molecular weight excluding hydrogens is 370 g/mol. The molecule has 1 atom stereocenters. The van der Waals surface area contributed by atoms with E-state index in [2.05, 4.69) is 9.80 Å². The number of anilines is 1. The van der Waals surface area contributed by atoms with Gasteiger partial charge in [0.05, 0.1) is 42.0 Å². The van der Waals surface area contributed by atoms with E-state index in [4.69, 9.17) is 9.15 Å². The van der Waals surface area contributed by atoms with Crippen molar-refractivity contribution in [2.24, 2.45) is 0 Å². The molecule has 2 aromatic rings. The van der Waals surface area contributed by atoms with Gasteiger partial charge in [-0.2, -0.15) is 0 Å². The van der Waals surface area contributed by atoms with Crippen LogP contribution in [0.5, 0.6) is 0 Å². The van der Waals surface area contributed by atoms with Crippen LogP contribution in [0, 0.1) is 0 Å². The summed E-state index contributed by atoms with van der Waals surface area (Å²) in [5, 5.41) is 0. The predicted molar refractivity (Wildman–Crippen MR) is 107 cm³/mol. The first kappa shape index (κ1) is 18.4. The molecular formula is C22H25N3O4. The van der Waals surface area contributed by atoms with Crippen LogP contribution in [0.2, 0.25) is 0 Å². The maximum atomic E-state index is 13.1. The van der Waals surface area contributed by atoms with Gasteiger partial charge in [-0.15, -0.1) is 0 Å². The highest BCUT2D eigenvalue weighted by atomic mass is 16.5. The molecule has 0 aliphatic carbocycles. The van der Waals surface area contributed by atoms with E-state index in [1.165, 1.54) is 10.5 Å². The lowest BCUT2D eigenvalue weighted by atomic mass is 10.1. The van der Waals surface area contributed by atoms with Crippen molar-refractivity contribution < 1.29 is 18.7 Å². The number of rotatable bonds is 5. The fraction of sp³-hybridized carbons (Fsp3) is 0.455. The van der Waals surface area contributed by atoms with Gasteiger partial charge in [0.25, 0.3) is 11.8 Å². The molecule has 3 aliphatic rings. The summed E-state index contributed by atoms with van der Waals surface area (Å²) in [6, 6.07) is 7.60. The number of carbonyl (C=O) groups excluding carboxylic acids is 2. The smallest absolute Gasteiger partial charge is 0.263 e. The minimum Gasteiger partial charge on any atom is -0.472 e. The van der Waals surface area contributed by atoms with Crippen molar-refractivity contribution in [1.82, 2.24) is 9.80 Å². The van der Waals surface area contributed by atoms with E-state index in [1.54, 1.807) is 18.6 Å². The Labute approximate surface area is 169 Å². The minimum absolute atomic E-state index is 0.0351. The van der Waals surface area contributed by atoms with Crippen molar-refractivity contribution in [3.05, 3.63) is 53.5 Å². The second kappa shape index (κ2) is 7.65. The van der Waals surface area contributed by atoms with Gasteiger partial charge < -0.3 is 14.1 Å². The average Bonchev–Trinajstić information content (AvgIpc) is 3.49. The van der Waals surface area contributed by atoms with Crippen LogP contribution < -0.4 is 4.90 Å². The summed E-state index contributed by atoms with van der Waals surface area (Å²) < 4.78 is 10.8. The summed E-state index contributed by atoms with van der Waals surface area (Å²) in [7, 11) is 0. The van der Waals surface area contributed by atoms with E-state index >= 15 is 0 Å². The molecule has 2 fully saturated rings. The summed E-state index contributed by atoms with van der Waals surface area (Å²) in [4.78, 5) is 32.0. The highest BCUT2D eigenvalue weighted by Gasteiger charge is 2.40. The zero-order valence-corrected chi connectivity index (χ0v) is 16.4. The molecule has 3 aliphatic heterocycles. The number of ether oxygens (including phenoxy) is 1. The number of amides is 2. The van der Waals surface area contributed by atoms with Crippen LogP contribution in [-0.2, 0) is 11.3 Å². The quantitative estimate of drug-likeness (QED) is 0.725. The Hall–Kier alpha value is -2.64. The molecule has 1 unspecified atom stereocenters. The monoisotopic (exact) mass is 395 g/mol. The molecule has 152 valence electrons. The number of hydrogen-bond acceptors (Lipinski definition) is 6. The number of hydrogen-bond donors (Lipinski definition) is 0. The third-order valence-electron chi connectivity index (χ3n) is 6.09. The number of fused-ring (bicyclic) bond motifs is 1. The highest BCUT2D eigenvalue weighted by molar-refractivity contribution is 6.23. The Balaban J connectivity index is 1.31. The molecule has 0 N–H and O–H groups in total. The average molecular weight is 395 g/mol. The predicted octanol–water partition coefficient (Wildman–Crippen LogP) is 2.38. The minimum atomic E-state index is -0.194. The third-order valence-corrected chi connectivity index (χ3v) is 6.09. The van der Waals surface area contributed by atoms with Crippen LogP contribution in [0.15, 0.2) is 41.2 Å². The molecule has 0 bridgehead atoms. The molecule has 1 aromatic heterocycles. The first-order chi connectivity index (χ1) is 14.2. The Morgan fingerprint density at radius 2 is 1.90 bits per heavy atom. The summed E-state index contributed by atoms with van der Waals surface area (Å²) in [5.74, 6) is -0.377. The summed E-state index contributed by atoms with van der Waals surface area (Å²) in [6.07, 6.45) is 5.33. The molecule has 7 heteroatoms. The van der Waals surface area contributed by atoms with Gasteiger partial charge in [0.15, 0.2) is 0 Å². The van der Waals surface area contributed by atoms with Gasteiger partial charge in [0.1, 0.15) is 0 Å². The van der Waals surface area contributed by atoms with E-state index < -0.39 is 0 Å². The molecule has 2 amide bonds. The van der Waals surface area contributed by atoms with Crippen LogP contribution in [0.25, 0.3) is 0 Å². The lowest BCUT2D eigenvalue weighted by Gasteiger charge is -2.36. The zero-order chi connectivity index (χ0) is 19.8. The lowest BCUT2D eigenvalue weighted by molar-refractivity contribution is 0.0475. The van der Waals surface area contributed by atoms with Gasteiger partial charge in [-0.3, -0.25) is 19.4 Å². The maximum Gasteiger partial charge on any atom is 0.263 e. The van der Waals surface area contributed by atoms with Crippen LogP contribution >= 0.6 is 0 Å².